The van der Waals surface area contributed by atoms with Crippen LogP contribution in [0.2, 0.25) is 0 Å². The molecule has 0 spiro atoms. The summed E-state index contributed by atoms with van der Waals surface area (Å²) in [5.41, 5.74) is 1.51. The summed E-state index contributed by atoms with van der Waals surface area (Å²) in [5.74, 6) is -1.43. The van der Waals surface area contributed by atoms with Gasteiger partial charge in [-0.25, -0.2) is 9.59 Å². The van der Waals surface area contributed by atoms with Crippen LogP contribution in [-0.4, -0.2) is 54.0 Å². The molecule has 9 nitrogen and oxygen atoms in total. The molecule has 166 valence electrons. The van der Waals surface area contributed by atoms with Crippen molar-refractivity contribution < 1.29 is 34.1 Å². The average Bonchev–Trinajstić information content (AvgIpc) is 2.78. The van der Waals surface area contributed by atoms with Crippen LogP contribution in [0.5, 0.6) is 5.75 Å². The molecule has 2 aromatic carbocycles. The van der Waals surface area contributed by atoms with Gasteiger partial charge >= 0.3 is 12.1 Å². The van der Waals surface area contributed by atoms with E-state index in [0.29, 0.717) is 11.3 Å². The number of hydrogen-bond donors (Lipinski definition) is 4. The van der Waals surface area contributed by atoms with Crippen LogP contribution in [0.25, 0.3) is 0 Å². The van der Waals surface area contributed by atoms with Crippen molar-refractivity contribution >= 4 is 18.0 Å². The van der Waals surface area contributed by atoms with Gasteiger partial charge in [-0.05, 0) is 29.7 Å². The maximum Gasteiger partial charge on any atom is 0.407 e. The van der Waals surface area contributed by atoms with Crippen molar-refractivity contribution in [2.75, 3.05) is 13.7 Å². The van der Waals surface area contributed by atoms with E-state index < -0.39 is 30.1 Å². The minimum Gasteiger partial charge on any atom is -0.497 e. The molecule has 31 heavy (non-hydrogen) atoms. The number of aliphatic carboxylic acids is 1. The van der Waals surface area contributed by atoms with Crippen molar-refractivity contribution in [2.24, 2.45) is 0 Å². The van der Waals surface area contributed by atoms with Gasteiger partial charge in [-0.3, -0.25) is 4.79 Å². The molecule has 2 atom stereocenters. The van der Waals surface area contributed by atoms with E-state index in [2.05, 4.69) is 10.6 Å². The van der Waals surface area contributed by atoms with Crippen LogP contribution in [0.1, 0.15) is 17.5 Å². The third-order valence-electron chi connectivity index (χ3n) is 4.42. The Balaban J connectivity index is 1.74. The molecule has 0 aromatic heterocycles. The number of nitrogens with one attached hydrogen (secondary N) is 2. The highest BCUT2D eigenvalue weighted by molar-refractivity contribution is 5.86. The van der Waals surface area contributed by atoms with E-state index >= 15 is 0 Å². The van der Waals surface area contributed by atoms with Gasteiger partial charge in [-0.2, -0.15) is 0 Å². The quantitative estimate of drug-likeness (QED) is 0.424. The number of carboxylic acid groups (broad SMARTS) is 1. The third kappa shape index (κ3) is 8.35. The molecular formula is C22H26N2O7. The predicted octanol–water partition coefficient (Wildman–Crippen LogP) is 1.48. The maximum absolute atomic E-state index is 12.1. The molecule has 0 aliphatic rings. The third-order valence-corrected chi connectivity index (χ3v) is 4.42. The molecule has 2 rings (SSSR count). The molecule has 0 heterocycles. The van der Waals surface area contributed by atoms with Crippen LogP contribution in [0.15, 0.2) is 54.6 Å². The smallest absolute Gasteiger partial charge is 0.407 e. The van der Waals surface area contributed by atoms with E-state index in [1.807, 2.05) is 30.3 Å². The largest absolute Gasteiger partial charge is 0.497 e. The summed E-state index contributed by atoms with van der Waals surface area (Å²) in [6.45, 7) is 0.0831. The molecule has 0 radical (unpaired) electrons. The minimum atomic E-state index is -1.48. The van der Waals surface area contributed by atoms with Gasteiger partial charge in [-0.1, -0.05) is 42.5 Å². The lowest BCUT2D eigenvalue weighted by molar-refractivity contribution is -0.143. The number of carboxylic acids is 1. The molecule has 0 fully saturated rings. The molecule has 4 N–H and O–H groups in total. The SMILES string of the molecule is COc1ccc(C[C@H](NC(=O)[C@@H](O)CCNC(=O)OCc2ccccc2)C(=O)O)cc1. The van der Waals surface area contributed by atoms with Crippen molar-refractivity contribution in [1.29, 1.82) is 0 Å². The number of alkyl carbamates (subject to hydrolysis) is 1. The molecule has 9 heteroatoms. The maximum atomic E-state index is 12.1. The summed E-state index contributed by atoms with van der Waals surface area (Å²) in [6, 6.07) is 14.7. The summed E-state index contributed by atoms with van der Waals surface area (Å²) in [4.78, 5) is 35.3. The first kappa shape index (κ1) is 23.7. The highest BCUT2D eigenvalue weighted by Gasteiger charge is 2.24. The Hall–Kier alpha value is -3.59. The van der Waals surface area contributed by atoms with E-state index in [1.54, 1.807) is 24.3 Å². The molecule has 0 aliphatic carbocycles. The van der Waals surface area contributed by atoms with E-state index in [4.69, 9.17) is 9.47 Å². The van der Waals surface area contributed by atoms with Crippen molar-refractivity contribution in [3.8, 4) is 5.75 Å². The standard InChI is InChI=1S/C22H26N2O7/c1-30-17-9-7-15(8-10-17)13-18(21(27)28)24-20(26)19(25)11-12-23-22(29)31-14-16-5-3-2-4-6-16/h2-10,18-19,25H,11-14H2,1H3,(H,23,29)(H,24,26)(H,27,28)/t18-,19-/m0/s1. The Labute approximate surface area is 180 Å². The number of benzene rings is 2. The van der Waals surface area contributed by atoms with Crippen molar-refractivity contribution in [3.63, 3.8) is 0 Å². The Morgan fingerprint density at radius 1 is 1.00 bits per heavy atom. The lowest BCUT2D eigenvalue weighted by Crippen LogP contribution is -2.47. The van der Waals surface area contributed by atoms with Gasteiger partial charge in [0.15, 0.2) is 0 Å². The average molecular weight is 430 g/mol. The van der Waals surface area contributed by atoms with Crippen LogP contribution in [0.3, 0.4) is 0 Å². The van der Waals surface area contributed by atoms with Gasteiger partial charge in [-0.15, -0.1) is 0 Å². The number of aliphatic hydroxyl groups excluding tert-OH is 1. The topological polar surface area (TPSA) is 134 Å². The Kier molecular flexibility index (Phi) is 9.31. The lowest BCUT2D eigenvalue weighted by Gasteiger charge is -2.17. The van der Waals surface area contributed by atoms with Crippen LogP contribution in [0, 0.1) is 0 Å². The van der Waals surface area contributed by atoms with Gasteiger partial charge in [0.1, 0.15) is 24.5 Å². The first-order valence-electron chi connectivity index (χ1n) is 9.67. The number of carbonyl (C=O) groups is 3. The van der Waals surface area contributed by atoms with Gasteiger partial charge in [0.05, 0.1) is 7.11 Å². The fraction of sp³-hybridized carbons (Fsp3) is 0.318. The normalized spacial score (nSPS) is 12.3. The molecule has 0 saturated carbocycles. The van der Waals surface area contributed by atoms with Crippen LogP contribution >= 0.6 is 0 Å². The van der Waals surface area contributed by atoms with Gasteiger partial charge in [0.2, 0.25) is 5.91 Å². The zero-order valence-electron chi connectivity index (χ0n) is 17.1. The highest BCUT2D eigenvalue weighted by Crippen LogP contribution is 2.13. The zero-order chi connectivity index (χ0) is 22.6. The summed E-state index contributed by atoms with van der Waals surface area (Å²) < 4.78 is 10.1. The number of ether oxygens (including phenoxy) is 2. The second-order valence-electron chi connectivity index (χ2n) is 6.74. The van der Waals surface area contributed by atoms with E-state index in [9.17, 15) is 24.6 Å². The minimum absolute atomic E-state index is 0.0154. The molecule has 0 saturated heterocycles. The highest BCUT2D eigenvalue weighted by atomic mass is 16.5. The summed E-state index contributed by atoms with van der Waals surface area (Å²) in [6.07, 6.45) is -2.21. The van der Waals surface area contributed by atoms with Gasteiger partial charge in [0, 0.05) is 13.0 Å². The molecule has 0 bridgehead atoms. The number of aliphatic hydroxyl groups is 1. The first-order valence-corrected chi connectivity index (χ1v) is 9.67. The van der Waals surface area contributed by atoms with Crippen LogP contribution < -0.4 is 15.4 Å². The van der Waals surface area contributed by atoms with Gasteiger partial charge in [0.25, 0.3) is 0 Å². The van der Waals surface area contributed by atoms with Gasteiger partial charge < -0.3 is 30.3 Å². The molecule has 2 aromatic rings. The van der Waals surface area contributed by atoms with E-state index in [1.165, 1.54) is 7.11 Å². The number of amides is 2. The predicted molar refractivity (Wildman–Crippen MR) is 112 cm³/mol. The van der Waals surface area contributed by atoms with E-state index in [0.717, 1.165) is 5.56 Å². The van der Waals surface area contributed by atoms with E-state index in [-0.39, 0.29) is 26.0 Å². The first-order chi connectivity index (χ1) is 14.9. The number of hydrogen-bond acceptors (Lipinski definition) is 6. The number of rotatable bonds is 11. The number of methoxy groups -OCH3 is 1. The second kappa shape index (κ2) is 12.2. The summed E-state index contributed by atoms with van der Waals surface area (Å²) >= 11 is 0. The lowest BCUT2D eigenvalue weighted by atomic mass is 10.1. The Morgan fingerprint density at radius 3 is 2.29 bits per heavy atom. The molecular weight excluding hydrogens is 404 g/mol. The van der Waals surface area contributed by atoms with Crippen molar-refractivity contribution in [2.45, 2.75) is 31.6 Å². The zero-order valence-corrected chi connectivity index (χ0v) is 17.1. The second-order valence-corrected chi connectivity index (χ2v) is 6.74. The van der Waals surface area contributed by atoms with Crippen molar-refractivity contribution in [3.05, 3.63) is 65.7 Å². The summed E-state index contributed by atoms with van der Waals surface area (Å²) in [7, 11) is 1.52. The summed E-state index contributed by atoms with van der Waals surface area (Å²) in [5, 5.41) is 24.1. The fourth-order valence-electron chi connectivity index (χ4n) is 2.68. The van der Waals surface area contributed by atoms with Crippen molar-refractivity contribution in [1.82, 2.24) is 10.6 Å². The molecule has 0 unspecified atom stereocenters. The monoisotopic (exact) mass is 430 g/mol. The fourth-order valence-corrected chi connectivity index (χ4v) is 2.68. The molecule has 0 aliphatic heterocycles. The Bertz CT molecular complexity index is 856. The van der Waals surface area contributed by atoms with Crippen LogP contribution in [0.4, 0.5) is 4.79 Å². The Morgan fingerprint density at radius 2 is 1.68 bits per heavy atom. The number of carbonyl (C=O) groups excluding carboxylic acids is 2. The molecule has 2 amide bonds. The van der Waals surface area contributed by atoms with Crippen LogP contribution in [-0.2, 0) is 27.4 Å².